The average molecular weight is 492 g/mol. The number of aromatic nitrogens is 1. The molecule has 6 atom stereocenters. The SMILES string of the molecule is C[C@]12CC[C@H]3[C@@H](CC=C4C=C(OS(=O)(=O)F)CC[C@@]43C)[C@@H]1CC[C@@H]2C(=O)Sc1ccccn1. The topological polar surface area (TPSA) is 73.3 Å². The zero-order valence-electron chi connectivity index (χ0n) is 19.0. The molecule has 2 fully saturated rings. The Morgan fingerprint density at radius 3 is 2.73 bits per heavy atom. The van der Waals surface area contributed by atoms with Crippen LogP contribution in [-0.2, 0) is 19.5 Å². The van der Waals surface area contributed by atoms with Crippen LogP contribution in [0.2, 0.25) is 0 Å². The van der Waals surface area contributed by atoms with Gasteiger partial charge in [0.2, 0.25) is 0 Å². The molecule has 0 aromatic carbocycles. The van der Waals surface area contributed by atoms with Crippen molar-refractivity contribution in [2.24, 2.45) is 34.5 Å². The standard InChI is InChI=1S/C25H30FNO4S2/c1-24-12-10-17(31-33(26,29)30)15-16(24)6-7-18-19-8-9-21(25(19,2)13-11-20(18)24)23(28)32-22-5-3-4-14-27-22/h3-6,14-15,18-21H,7-13H2,1-2H3/t18-,19-,20-,21+,24-,25-/m0/s1. The van der Waals surface area contributed by atoms with Crippen LogP contribution >= 0.6 is 11.8 Å². The molecule has 1 aromatic heterocycles. The van der Waals surface area contributed by atoms with Crippen molar-refractivity contribution in [3.63, 3.8) is 0 Å². The Bertz CT molecular complexity index is 1120. The third-order valence-corrected chi connectivity index (χ3v) is 10.4. The number of nitrogens with zero attached hydrogens (tertiary/aromatic N) is 1. The molecular weight excluding hydrogens is 461 g/mol. The highest BCUT2D eigenvalue weighted by Crippen LogP contribution is 2.66. The summed E-state index contributed by atoms with van der Waals surface area (Å²) in [5.74, 6) is 1.73. The Morgan fingerprint density at radius 1 is 1.18 bits per heavy atom. The van der Waals surface area contributed by atoms with Crippen LogP contribution in [0.1, 0.15) is 58.8 Å². The highest BCUT2D eigenvalue weighted by molar-refractivity contribution is 8.13. The summed E-state index contributed by atoms with van der Waals surface area (Å²) in [6.07, 6.45) is 11.8. The fourth-order valence-electron chi connectivity index (χ4n) is 7.46. The minimum Gasteiger partial charge on any atom is -0.363 e. The smallest absolute Gasteiger partial charge is 0.363 e. The van der Waals surface area contributed by atoms with Gasteiger partial charge in [-0.05, 0) is 103 Å². The van der Waals surface area contributed by atoms with Crippen LogP contribution in [-0.4, -0.2) is 18.5 Å². The molecule has 0 amide bonds. The lowest BCUT2D eigenvalue weighted by molar-refractivity contribution is -0.120. The molecule has 0 radical (unpaired) electrons. The Morgan fingerprint density at radius 2 is 2.00 bits per heavy atom. The van der Waals surface area contributed by atoms with Gasteiger partial charge < -0.3 is 4.18 Å². The van der Waals surface area contributed by atoms with E-state index in [-0.39, 0.29) is 27.6 Å². The van der Waals surface area contributed by atoms with Crippen LogP contribution in [0.5, 0.6) is 0 Å². The molecule has 5 nitrogen and oxygen atoms in total. The lowest BCUT2D eigenvalue weighted by Crippen LogP contribution is -2.49. The Balaban J connectivity index is 1.37. The summed E-state index contributed by atoms with van der Waals surface area (Å²) in [4.78, 5) is 17.6. The van der Waals surface area contributed by atoms with Crippen molar-refractivity contribution in [2.45, 2.75) is 63.8 Å². The van der Waals surface area contributed by atoms with Gasteiger partial charge in [-0.1, -0.05) is 29.9 Å². The number of pyridine rings is 1. The fourth-order valence-corrected chi connectivity index (χ4v) is 8.84. The molecule has 0 unspecified atom stereocenters. The zero-order chi connectivity index (χ0) is 23.4. The molecule has 5 rings (SSSR count). The van der Waals surface area contributed by atoms with E-state index in [1.54, 1.807) is 12.3 Å². The van der Waals surface area contributed by atoms with Crippen molar-refractivity contribution >= 4 is 27.4 Å². The third-order valence-electron chi connectivity index (χ3n) is 9.07. The average Bonchev–Trinajstić information content (AvgIpc) is 3.11. The van der Waals surface area contributed by atoms with Crippen LogP contribution in [0.4, 0.5) is 3.89 Å². The van der Waals surface area contributed by atoms with E-state index in [2.05, 4.69) is 29.1 Å². The van der Waals surface area contributed by atoms with E-state index in [4.69, 9.17) is 0 Å². The minimum absolute atomic E-state index is 0.00279. The maximum absolute atomic E-state index is 13.3. The summed E-state index contributed by atoms with van der Waals surface area (Å²) in [6, 6.07) is 5.67. The summed E-state index contributed by atoms with van der Waals surface area (Å²) in [5, 5.41) is 1.01. The summed E-state index contributed by atoms with van der Waals surface area (Å²) in [5.41, 5.74) is 1.01. The second-order valence-corrected chi connectivity index (χ2v) is 12.5. The number of allylic oxidation sites excluding steroid dienone is 4. The fraction of sp³-hybridized carbons (Fsp3) is 0.600. The number of carbonyl (C=O) groups is 1. The first kappa shape index (κ1) is 23.1. The van der Waals surface area contributed by atoms with Crippen molar-refractivity contribution < 1.29 is 21.3 Å². The van der Waals surface area contributed by atoms with Gasteiger partial charge in [0, 0.05) is 18.5 Å². The number of fused-ring (bicyclic) bond motifs is 5. The second kappa shape index (κ2) is 8.22. The molecule has 178 valence electrons. The van der Waals surface area contributed by atoms with Gasteiger partial charge in [-0.15, -0.1) is 0 Å². The van der Waals surface area contributed by atoms with E-state index in [0.29, 0.717) is 24.2 Å². The van der Waals surface area contributed by atoms with E-state index < -0.39 is 10.5 Å². The number of hydrogen-bond acceptors (Lipinski definition) is 6. The molecule has 0 spiro atoms. The van der Waals surface area contributed by atoms with Gasteiger partial charge in [-0.25, -0.2) is 4.98 Å². The number of rotatable bonds is 4. The van der Waals surface area contributed by atoms with Gasteiger partial charge in [-0.3, -0.25) is 4.79 Å². The van der Waals surface area contributed by atoms with E-state index in [9.17, 15) is 17.1 Å². The van der Waals surface area contributed by atoms with Gasteiger partial charge >= 0.3 is 10.5 Å². The molecule has 33 heavy (non-hydrogen) atoms. The van der Waals surface area contributed by atoms with Gasteiger partial charge in [0.05, 0.1) is 0 Å². The number of halogens is 1. The van der Waals surface area contributed by atoms with E-state index in [1.165, 1.54) is 11.8 Å². The summed E-state index contributed by atoms with van der Waals surface area (Å²) < 4.78 is 39.5. The van der Waals surface area contributed by atoms with E-state index in [1.807, 2.05) is 18.2 Å². The lowest BCUT2D eigenvalue weighted by Gasteiger charge is -2.56. The molecule has 0 saturated heterocycles. The van der Waals surface area contributed by atoms with Crippen LogP contribution in [0, 0.1) is 34.5 Å². The largest absolute Gasteiger partial charge is 0.488 e. The highest BCUT2D eigenvalue weighted by Gasteiger charge is 2.59. The Kier molecular flexibility index (Phi) is 5.75. The number of thioether (sulfide) groups is 1. The van der Waals surface area contributed by atoms with Crippen molar-refractivity contribution in [3.8, 4) is 0 Å². The number of hydrogen-bond donors (Lipinski definition) is 0. The van der Waals surface area contributed by atoms with Crippen molar-refractivity contribution in [1.29, 1.82) is 0 Å². The molecule has 0 aliphatic heterocycles. The van der Waals surface area contributed by atoms with Crippen LogP contribution < -0.4 is 0 Å². The minimum atomic E-state index is -5.00. The van der Waals surface area contributed by atoms with Gasteiger partial charge in [-0.2, -0.15) is 8.42 Å². The quantitative estimate of drug-likeness (QED) is 0.380. The van der Waals surface area contributed by atoms with Gasteiger partial charge in [0.15, 0.2) is 5.12 Å². The first-order valence-corrected chi connectivity index (χ1v) is 13.9. The van der Waals surface area contributed by atoms with Crippen molar-refractivity contribution in [3.05, 3.63) is 47.9 Å². The monoisotopic (exact) mass is 491 g/mol. The molecule has 4 aliphatic carbocycles. The number of carbonyl (C=O) groups excluding carboxylic acids is 1. The summed E-state index contributed by atoms with van der Waals surface area (Å²) in [6.45, 7) is 4.59. The van der Waals surface area contributed by atoms with Crippen LogP contribution in [0.15, 0.2) is 52.9 Å². The molecule has 1 aromatic rings. The predicted molar refractivity (Wildman–Crippen MR) is 125 cm³/mol. The highest BCUT2D eigenvalue weighted by atomic mass is 32.3. The normalized spacial score (nSPS) is 37.8. The van der Waals surface area contributed by atoms with Gasteiger partial charge in [0.1, 0.15) is 10.8 Å². The summed E-state index contributed by atoms with van der Waals surface area (Å²) in [7, 11) is -5.00. The Labute approximate surface area is 199 Å². The summed E-state index contributed by atoms with van der Waals surface area (Å²) >= 11 is 1.28. The molecule has 8 heteroatoms. The molecule has 2 saturated carbocycles. The van der Waals surface area contributed by atoms with Crippen molar-refractivity contribution in [2.75, 3.05) is 0 Å². The van der Waals surface area contributed by atoms with Gasteiger partial charge in [0.25, 0.3) is 0 Å². The maximum Gasteiger partial charge on any atom is 0.488 e. The first-order chi connectivity index (χ1) is 15.6. The molecule has 0 N–H and O–H groups in total. The second-order valence-electron chi connectivity index (χ2n) is 10.5. The molecule has 4 aliphatic rings. The van der Waals surface area contributed by atoms with E-state index >= 15 is 0 Å². The molecule has 1 heterocycles. The van der Waals surface area contributed by atoms with E-state index in [0.717, 1.165) is 49.1 Å². The third kappa shape index (κ3) is 4.07. The molecule has 0 bridgehead atoms. The first-order valence-electron chi connectivity index (χ1n) is 11.8. The lowest BCUT2D eigenvalue weighted by atomic mass is 9.48. The predicted octanol–water partition coefficient (Wildman–Crippen LogP) is 6.00. The van der Waals surface area contributed by atoms with Crippen LogP contribution in [0.3, 0.4) is 0 Å². The maximum atomic E-state index is 13.3. The van der Waals surface area contributed by atoms with Crippen LogP contribution in [0.25, 0.3) is 0 Å². The zero-order valence-corrected chi connectivity index (χ0v) is 20.6. The Hall–Kier alpha value is -1.67. The molecular formula is C25H30FNO4S2. The van der Waals surface area contributed by atoms with Crippen molar-refractivity contribution in [1.82, 2.24) is 4.98 Å².